The highest BCUT2D eigenvalue weighted by molar-refractivity contribution is 7.91. The molecule has 1 aliphatic carbocycles. The average Bonchev–Trinajstić information content (AvgIpc) is 3.54. The van der Waals surface area contributed by atoms with Gasteiger partial charge in [0, 0.05) is 13.1 Å². The number of sulfone groups is 1. The van der Waals surface area contributed by atoms with Crippen LogP contribution in [0.5, 0.6) is 0 Å². The number of para-hydroxylation sites is 2. The number of carbonyl (C=O) groups is 3. The Labute approximate surface area is 203 Å². The number of carbonyl (C=O) groups excluding carboxylic acids is 3. The van der Waals surface area contributed by atoms with E-state index in [-0.39, 0.29) is 24.0 Å². The first-order valence-corrected chi connectivity index (χ1v) is 13.6. The van der Waals surface area contributed by atoms with Gasteiger partial charge in [-0.15, -0.1) is 0 Å². The second kappa shape index (κ2) is 10.7. The molecular formula is C23H30N4O7S. The molecule has 2 heterocycles. The molecule has 2 atom stereocenters. The summed E-state index contributed by atoms with van der Waals surface area (Å²) in [4.78, 5) is 44.6. The van der Waals surface area contributed by atoms with Gasteiger partial charge in [-0.3, -0.25) is 9.59 Å². The molecule has 1 saturated heterocycles. The van der Waals surface area contributed by atoms with Gasteiger partial charge in [0.05, 0.1) is 30.8 Å². The fourth-order valence-corrected chi connectivity index (χ4v) is 5.84. The van der Waals surface area contributed by atoms with Crippen LogP contribution in [0.2, 0.25) is 0 Å². The SMILES string of the molecule is CC[C@H](NC(=O)[C@H](CS(=O)(=O)CC1CC1)NC(=O)N1CCOCC1)C(=O)c1nc2ccccc2o1. The zero-order valence-corrected chi connectivity index (χ0v) is 20.4. The Hall–Kier alpha value is -2.99. The number of nitrogens with zero attached hydrogens (tertiary/aromatic N) is 2. The molecule has 0 spiro atoms. The quantitative estimate of drug-likeness (QED) is 0.456. The standard InChI is InChI=1S/C23H30N4O7S/c1-2-16(20(28)22-25-17-5-3-4-6-19(17)34-22)24-21(29)18(14-35(31,32)13-15-7-8-15)26-23(30)27-9-11-33-12-10-27/h3-6,15-16,18H,2,7-14H2,1H3,(H,24,29)(H,26,30)/t16-,18-/m0/s1. The maximum Gasteiger partial charge on any atom is 0.318 e. The molecule has 0 bridgehead atoms. The number of aromatic nitrogens is 1. The van der Waals surface area contributed by atoms with Crippen LogP contribution in [0, 0.1) is 5.92 Å². The highest BCUT2D eigenvalue weighted by atomic mass is 32.2. The number of Topliss-reactive ketones (excluding diaryl/α,β-unsaturated/α-hetero) is 1. The van der Waals surface area contributed by atoms with Gasteiger partial charge in [0.1, 0.15) is 11.6 Å². The minimum absolute atomic E-state index is 0.0246. The molecule has 0 radical (unpaired) electrons. The molecule has 2 aliphatic rings. The maximum absolute atomic E-state index is 13.2. The van der Waals surface area contributed by atoms with E-state index in [4.69, 9.17) is 9.15 Å². The van der Waals surface area contributed by atoms with Crippen molar-refractivity contribution >= 4 is 38.7 Å². The lowest BCUT2D eigenvalue weighted by atomic mass is 10.1. The number of ketones is 1. The van der Waals surface area contributed by atoms with E-state index in [9.17, 15) is 22.8 Å². The number of ether oxygens (including phenoxy) is 1. The third-order valence-electron chi connectivity index (χ3n) is 6.07. The Bertz CT molecular complexity index is 1150. The average molecular weight is 507 g/mol. The summed E-state index contributed by atoms with van der Waals surface area (Å²) in [5, 5.41) is 5.15. The zero-order chi connectivity index (χ0) is 25.0. The van der Waals surface area contributed by atoms with Gasteiger partial charge in [-0.2, -0.15) is 0 Å². The molecule has 190 valence electrons. The molecule has 0 unspecified atom stereocenters. The highest BCUT2D eigenvalue weighted by Gasteiger charge is 2.35. The Morgan fingerprint density at radius 1 is 1.11 bits per heavy atom. The van der Waals surface area contributed by atoms with E-state index in [0.717, 1.165) is 12.8 Å². The van der Waals surface area contributed by atoms with Crippen LogP contribution in [0.25, 0.3) is 11.1 Å². The number of nitrogens with one attached hydrogen (secondary N) is 2. The first-order chi connectivity index (χ1) is 16.8. The van der Waals surface area contributed by atoms with Gasteiger partial charge in [-0.25, -0.2) is 18.2 Å². The molecule has 11 nitrogen and oxygen atoms in total. The lowest BCUT2D eigenvalue weighted by Crippen LogP contribution is -2.57. The molecule has 1 saturated carbocycles. The molecule has 35 heavy (non-hydrogen) atoms. The molecule has 2 fully saturated rings. The topological polar surface area (TPSA) is 148 Å². The minimum Gasteiger partial charge on any atom is -0.434 e. The summed E-state index contributed by atoms with van der Waals surface area (Å²) in [7, 11) is -3.61. The molecule has 2 aromatic rings. The van der Waals surface area contributed by atoms with Gasteiger partial charge in [0.15, 0.2) is 15.4 Å². The summed E-state index contributed by atoms with van der Waals surface area (Å²) in [6.07, 6.45) is 1.91. The van der Waals surface area contributed by atoms with E-state index in [2.05, 4.69) is 15.6 Å². The maximum atomic E-state index is 13.2. The van der Waals surface area contributed by atoms with Gasteiger partial charge in [0.2, 0.25) is 11.7 Å². The van der Waals surface area contributed by atoms with Gasteiger partial charge in [-0.1, -0.05) is 19.1 Å². The summed E-state index contributed by atoms with van der Waals surface area (Å²) in [5.74, 6) is -1.89. The molecule has 2 N–H and O–H groups in total. The number of fused-ring (bicyclic) bond motifs is 1. The smallest absolute Gasteiger partial charge is 0.318 e. The van der Waals surface area contributed by atoms with E-state index in [1.54, 1.807) is 31.2 Å². The van der Waals surface area contributed by atoms with Crippen molar-refractivity contribution in [2.45, 2.75) is 38.3 Å². The van der Waals surface area contributed by atoms with Crippen LogP contribution in [-0.2, 0) is 19.4 Å². The first-order valence-electron chi connectivity index (χ1n) is 11.8. The summed E-state index contributed by atoms with van der Waals surface area (Å²) in [6.45, 7) is 3.10. The first kappa shape index (κ1) is 25.1. The monoisotopic (exact) mass is 506 g/mol. The Balaban J connectivity index is 1.48. The number of oxazole rings is 1. The van der Waals surface area contributed by atoms with Crippen molar-refractivity contribution in [3.05, 3.63) is 30.2 Å². The van der Waals surface area contributed by atoms with Gasteiger partial charge < -0.3 is 24.7 Å². The van der Waals surface area contributed by atoms with Crippen molar-refractivity contribution in [2.24, 2.45) is 5.92 Å². The van der Waals surface area contributed by atoms with Crippen molar-refractivity contribution in [1.29, 1.82) is 0 Å². The van der Waals surface area contributed by atoms with Crippen LogP contribution in [0.15, 0.2) is 28.7 Å². The van der Waals surface area contributed by atoms with Crippen LogP contribution in [0.4, 0.5) is 4.79 Å². The molecular weight excluding hydrogens is 476 g/mol. The Morgan fingerprint density at radius 3 is 2.49 bits per heavy atom. The lowest BCUT2D eigenvalue weighted by Gasteiger charge is -2.29. The predicted molar refractivity (Wildman–Crippen MR) is 127 cm³/mol. The van der Waals surface area contributed by atoms with Crippen LogP contribution in [0.3, 0.4) is 0 Å². The van der Waals surface area contributed by atoms with Crippen molar-refractivity contribution in [3.8, 4) is 0 Å². The normalized spacial score (nSPS) is 18.1. The summed E-state index contributed by atoms with van der Waals surface area (Å²) >= 11 is 0. The number of urea groups is 1. The van der Waals surface area contributed by atoms with E-state index in [1.165, 1.54) is 4.90 Å². The summed E-state index contributed by atoms with van der Waals surface area (Å²) in [6, 6.07) is 4.02. The minimum atomic E-state index is -3.61. The number of hydrogen-bond donors (Lipinski definition) is 2. The van der Waals surface area contributed by atoms with Crippen LogP contribution >= 0.6 is 0 Å². The van der Waals surface area contributed by atoms with Crippen LogP contribution in [-0.4, -0.2) is 85.9 Å². The van der Waals surface area contributed by atoms with E-state index >= 15 is 0 Å². The van der Waals surface area contributed by atoms with Crippen molar-refractivity contribution < 1.29 is 32.0 Å². The molecule has 1 aliphatic heterocycles. The number of rotatable bonds is 10. The zero-order valence-electron chi connectivity index (χ0n) is 19.6. The molecule has 4 rings (SSSR count). The van der Waals surface area contributed by atoms with Crippen molar-refractivity contribution in [3.63, 3.8) is 0 Å². The summed E-state index contributed by atoms with van der Waals surface area (Å²) in [5.41, 5.74) is 0.956. The van der Waals surface area contributed by atoms with E-state index < -0.39 is 45.4 Å². The number of benzene rings is 1. The van der Waals surface area contributed by atoms with Crippen molar-refractivity contribution in [2.75, 3.05) is 37.8 Å². The largest absolute Gasteiger partial charge is 0.434 e. The molecule has 1 aromatic carbocycles. The molecule has 12 heteroatoms. The van der Waals surface area contributed by atoms with Crippen LogP contribution < -0.4 is 10.6 Å². The van der Waals surface area contributed by atoms with Gasteiger partial charge >= 0.3 is 6.03 Å². The molecule has 1 aromatic heterocycles. The van der Waals surface area contributed by atoms with Crippen molar-refractivity contribution in [1.82, 2.24) is 20.5 Å². The lowest BCUT2D eigenvalue weighted by molar-refractivity contribution is -0.123. The van der Waals surface area contributed by atoms with E-state index in [1.807, 2.05) is 0 Å². The number of hydrogen-bond acceptors (Lipinski definition) is 8. The van der Waals surface area contributed by atoms with Gasteiger partial charge in [0.25, 0.3) is 5.89 Å². The second-order valence-corrected chi connectivity index (χ2v) is 11.1. The number of morpholine rings is 1. The highest BCUT2D eigenvalue weighted by Crippen LogP contribution is 2.30. The predicted octanol–water partition coefficient (Wildman–Crippen LogP) is 1.14. The fourth-order valence-electron chi connectivity index (χ4n) is 3.91. The van der Waals surface area contributed by atoms with Crippen LogP contribution in [0.1, 0.15) is 36.9 Å². The fraction of sp³-hybridized carbons (Fsp3) is 0.565. The Kier molecular flexibility index (Phi) is 7.70. The van der Waals surface area contributed by atoms with E-state index in [0.29, 0.717) is 37.4 Å². The summed E-state index contributed by atoms with van der Waals surface area (Å²) < 4.78 is 36.2. The third-order valence-corrected chi connectivity index (χ3v) is 7.89. The number of amides is 3. The Morgan fingerprint density at radius 2 is 1.83 bits per heavy atom. The third kappa shape index (κ3) is 6.57. The van der Waals surface area contributed by atoms with Gasteiger partial charge in [-0.05, 0) is 37.3 Å². The second-order valence-electron chi connectivity index (χ2n) is 8.94. The molecule has 3 amide bonds.